The van der Waals surface area contributed by atoms with E-state index in [9.17, 15) is 5.26 Å². The molecule has 0 amide bonds. The van der Waals surface area contributed by atoms with E-state index < -0.39 is 5.92 Å². The van der Waals surface area contributed by atoms with Crippen LogP contribution in [0.25, 0.3) is 10.2 Å². The van der Waals surface area contributed by atoms with Crippen LogP contribution in [0.3, 0.4) is 0 Å². The molecule has 118 valence electrons. The molecular weight excluding hydrogens is 310 g/mol. The highest BCUT2D eigenvalue weighted by atomic mass is 32.1. The summed E-state index contributed by atoms with van der Waals surface area (Å²) in [5.74, 6) is 0.253. The van der Waals surface area contributed by atoms with Gasteiger partial charge in [0.25, 0.3) is 0 Å². The molecule has 23 heavy (non-hydrogen) atoms. The third-order valence-corrected chi connectivity index (χ3v) is 6.22. The van der Waals surface area contributed by atoms with Crippen LogP contribution in [0.5, 0.6) is 5.75 Å². The molecule has 5 nitrogen and oxygen atoms in total. The van der Waals surface area contributed by atoms with Crippen molar-refractivity contribution in [3.63, 3.8) is 0 Å². The Hall–Kier alpha value is -1.97. The summed E-state index contributed by atoms with van der Waals surface area (Å²) in [6.07, 6.45) is 1.49. The Morgan fingerprint density at radius 1 is 1.39 bits per heavy atom. The van der Waals surface area contributed by atoms with Crippen molar-refractivity contribution in [3.8, 4) is 11.8 Å². The first-order chi connectivity index (χ1) is 11.1. The number of ether oxygens (including phenoxy) is 2. The van der Waals surface area contributed by atoms with E-state index in [0.29, 0.717) is 13.2 Å². The lowest BCUT2D eigenvalue weighted by molar-refractivity contribution is 0.0403. The highest BCUT2D eigenvalue weighted by Crippen LogP contribution is 2.55. The smallest absolute Gasteiger partial charge is 0.205 e. The molecule has 0 saturated carbocycles. The van der Waals surface area contributed by atoms with Gasteiger partial charge >= 0.3 is 0 Å². The predicted molar refractivity (Wildman–Crippen MR) is 88.3 cm³/mol. The molecule has 2 aromatic rings. The Morgan fingerprint density at radius 3 is 2.83 bits per heavy atom. The predicted octanol–water partition coefficient (Wildman–Crippen LogP) is 3.47. The zero-order valence-electron chi connectivity index (χ0n) is 13.1. The second kappa shape index (κ2) is 5.02. The van der Waals surface area contributed by atoms with Crippen molar-refractivity contribution in [2.75, 3.05) is 13.2 Å². The summed E-state index contributed by atoms with van der Waals surface area (Å²) in [4.78, 5) is 6.65. The molecule has 4 rings (SSSR count). The average Bonchev–Trinajstić information content (AvgIpc) is 2.87. The Balaban J connectivity index is 2.04. The molecule has 0 bridgehead atoms. The molecular formula is C17H17N3O2S. The Labute approximate surface area is 138 Å². The maximum atomic E-state index is 9.66. The van der Waals surface area contributed by atoms with Crippen LogP contribution in [0.15, 0.2) is 6.07 Å². The van der Waals surface area contributed by atoms with Gasteiger partial charge in [-0.15, -0.1) is 11.3 Å². The lowest BCUT2D eigenvalue weighted by Crippen LogP contribution is -2.47. The van der Waals surface area contributed by atoms with Gasteiger partial charge in [-0.25, -0.2) is 4.98 Å². The van der Waals surface area contributed by atoms with Gasteiger partial charge < -0.3 is 9.47 Å². The number of nitriles is 1. The monoisotopic (exact) mass is 327 g/mol. The number of nitrogens with zero attached hydrogens (tertiary/aromatic N) is 2. The maximum Gasteiger partial charge on any atom is 0.205 e. The van der Waals surface area contributed by atoms with Gasteiger partial charge in [-0.1, -0.05) is 0 Å². The molecule has 1 spiro atoms. The number of nitrogens with one attached hydrogen (secondary N) is 1. The number of fused-ring (bicyclic) bond motifs is 4. The van der Waals surface area contributed by atoms with Crippen molar-refractivity contribution in [1.82, 2.24) is 4.98 Å². The van der Waals surface area contributed by atoms with Crippen LogP contribution in [-0.4, -0.2) is 24.1 Å². The molecule has 6 heteroatoms. The van der Waals surface area contributed by atoms with Crippen molar-refractivity contribution in [2.45, 2.75) is 32.1 Å². The van der Waals surface area contributed by atoms with Crippen LogP contribution in [-0.2, 0) is 10.2 Å². The first-order valence-corrected chi connectivity index (χ1v) is 8.53. The summed E-state index contributed by atoms with van der Waals surface area (Å²) in [6.45, 7) is 5.26. The van der Waals surface area contributed by atoms with Crippen molar-refractivity contribution in [1.29, 1.82) is 10.7 Å². The second-order valence-corrected chi connectivity index (χ2v) is 7.32. The van der Waals surface area contributed by atoms with Crippen LogP contribution >= 0.6 is 11.3 Å². The summed E-state index contributed by atoms with van der Waals surface area (Å²) in [6, 6.07) is 4.34. The van der Waals surface area contributed by atoms with Gasteiger partial charge in [0.05, 0.1) is 16.3 Å². The number of aromatic nitrogens is 1. The zero-order chi connectivity index (χ0) is 16.2. The van der Waals surface area contributed by atoms with E-state index in [1.807, 2.05) is 19.9 Å². The highest BCUT2D eigenvalue weighted by Gasteiger charge is 2.52. The Kier molecular flexibility index (Phi) is 3.19. The summed E-state index contributed by atoms with van der Waals surface area (Å²) in [7, 11) is 0. The molecule has 1 saturated heterocycles. The van der Waals surface area contributed by atoms with Crippen molar-refractivity contribution >= 4 is 27.5 Å². The van der Waals surface area contributed by atoms with Crippen molar-refractivity contribution in [3.05, 3.63) is 22.2 Å². The normalized spacial score (nSPS) is 22.7. The lowest BCUT2D eigenvalue weighted by atomic mass is 9.67. The third-order valence-electron chi connectivity index (χ3n) is 4.94. The molecule has 2 aromatic heterocycles. The molecule has 0 aliphatic carbocycles. The molecule has 0 radical (unpaired) electrons. The second-order valence-electron chi connectivity index (χ2n) is 6.32. The van der Waals surface area contributed by atoms with E-state index in [1.54, 1.807) is 11.3 Å². The van der Waals surface area contributed by atoms with E-state index in [4.69, 9.17) is 14.9 Å². The van der Waals surface area contributed by atoms with Crippen LogP contribution in [0.2, 0.25) is 0 Å². The van der Waals surface area contributed by atoms with E-state index in [-0.39, 0.29) is 11.3 Å². The third kappa shape index (κ3) is 1.93. The molecule has 2 aliphatic rings. The van der Waals surface area contributed by atoms with Crippen LogP contribution in [0.1, 0.15) is 29.0 Å². The Morgan fingerprint density at radius 2 is 2.13 bits per heavy atom. The van der Waals surface area contributed by atoms with Gasteiger partial charge in [0.1, 0.15) is 10.7 Å². The first kappa shape index (κ1) is 14.6. The largest absolute Gasteiger partial charge is 0.440 e. The number of hydrogen-bond acceptors (Lipinski definition) is 6. The molecule has 1 N–H and O–H groups in total. The number of aryl methyl sites for hydroxylation is 2. The van der Waals surface area contributed by atoms with Gasteiger partial charge in [0, 0.05) is 24.3 Å². The molecule has 1 fully saturated rings. The fourth-order valence-corrected chi connectivity index (χ4v) is 5.32. The average molecular weight is 327 g/mol. The number of rotatable bonds is 0. The van der Waals surface area contributed by atoms with Gasteiger partial charge in [-0.2, -0.15) is 5.26 Å². The Bertz CT molecular complexity index is 859. The molecule has 4 heterocycles. The fraction of sp³-hybridized carbons (Fsp3) is 0.471. The molecule has 0 aromatic carbocycles. The quantitative estimate of drug-likeness (QED) is 0.803. The van der Waals surface area contributed by atoms with Crippen LogP contribution in [0.4, 0.5) is 0 Å². The van der Waals surface area contributed by atoms with Gasteiger partial charge in [0.2, 0.25) is 5.90 Å². The van der Waals surface area contributed by atoms with Crippen molar-refractivity contribution < 1.29 is 9.47 Å². The zero-order valence-corrected chi connectivity index (χ0v) is 13.9. The summed E-state index contributed by atoms with van der Waals surface area (Å²) in [5, 5.41) is 18.9. The fourth-order valence-electron chi connectivity index (χ4n) is 3.82. The topological polar surface area (TPSA) is 79.0 Å². The van der Waals surface area contributed by atoms with E-state index in [1.165, 1.54) is 0 Å². The standard InChI is InChI=1S/C17H17N3O2S/c1-9-7-10(2)20-16-12(9)13-14(23-16)17(3-5-21-6-4-17)11(8-18)15(19)22-13/h7,11,19H,3-6H2,1-2H3. The maximum absolute atomic E-state index is 9.66. The lowest BCUT2D eigenvalue weighted by Gasteiger charge is -2.42. The van der Waals surface area contributed by atoms with E-state index in [2.05, 4.69) is 11.1 Å². The SMILES string of the molecule is Cc1cc(C)c2c3c(sc2n1)C1(CCOCC1)C(C#N)C(=N)O3. The van der Waals surface area contributed by atoms with E-state index in [0.717, 1.165) is 44.9 Å². The summed E-state index contributed by atoms with van der Waals surface area (Å²) >= 11 is 1.62. The van der Waals surface area contributed by atoms with Crippen molar-refractivity contribution in [2.24, 2.45) is 5.92 Å². The minimum Gasteiger partial charge on any atom is -0.440 e. The van der Waals surface area contributed by atoms with E-state index >= 15 is 0 Å². The summed E-state index contributed by atoms with van der Waals surface area (Å²) in [5.41, 5.74) is 1.71. The van der Waals surface area contributed by atoms with Gasteiger partial charge in [0.15, 0.2) is 5.75 Å². The molecule has 1 atom stereocenters. The number of thiophene rings is 1. The minimum absolute atomic E-state index is 0.0570. The minimum atomic E-state index is -0.548. The first-order valence-electron chi connectivity index (χ1n) is 7.72. The van der Waals surface area contributed by atoms with Crippen LogP contribution in [0, 0.1) is 36.5 Å². The van der Waals surface area contributed by atoms with Crippen LogP contribution < -0.4 is 4.74 Å². The molecule has 1 unspecified atom stereocenters. The number of pyridine rings is 1. The molecule has 2 aliphatic heterocycles. The van der Waals surface area contributed by atoms with Gasteiger partial charge in [-0.05, 0) is 38.3 Å². The van der Waals surface area contributed by atoms with Gasteiger partial charge in [-0.3, -0.25) is 5.41 Å². The highest BCUT2D eigenvalue weighted by molar-refractivity contribution is 7.19. The number of hydrogen-bond donors (Lipinski definition) is 1. The summed E-state index contributed by atoms with van der Waals surface area (Å²) < 4.78 is 11.4.